The first-order chi connectivity index (χ1) is 17.8. The summed E-state index contributed by atoms with van der Waals surface area (Å²) in [5.74, 6) is 0.366. The molecule has 0 saturated heterocycles. The Bertz CT molecular complexity index is 1230. The van der Waals surface area contributed by atoms with Crippen LogP contribution in [0.2, 0.25) is 0 Å². The number of esters is 2. The first-order valence-electron chi connectivity index (χ1n) is 11.3. The van der Waals surface area contributed by atoms with Gasteiger partial charge >= 0.3 is 11.9 Å². The summed E-state index contributed by atoms with van der Waals surface area (Å²) in [6, 6.07) is 11.4. The predicted octanol–water partition coefficient (Wildman–Crippen LogP) is 3.75. The van der Waals surface area contributed by atoms with Crippen molar-refractivity contribution in [2.24, 2.45) is 0 Å². The second-order valence-corrected chi connectivity index (χ2v) is 8.58. The topological polar surface area (TPSA) is 131 Å². The van der Waals surface area contributed by atoms with E-state index >= 15 is 0 Å². The lowest BCUT2D eigenvalue weighted by molar-refractivity contribution is -0.113. The number of carbonyl (C=O) groups excluding carboxylic acids is 3. The molecule has 37 heavy (non-hydrogen) atoms. The van der Waals surface area contributed by atoms with E-state index in [0.29, 0.717) is 23.3 Å². The number of hydrogen-bond donors (Lipinski definition) is 1. The molecular weight excluding hydrogens is 500 g/mol. The Morgan fingerprint density at radius 2 is 1.54 bits per heavy atom. The minimum absolute atomic E-state index is 0.0157. The molecule has 12 heteroatoms. The summed E-state index contributed by atoms with van der Waals surface area (Å²) >= 11 is 1.20. The van der Waals surface area contributed by atoms with Crippen molar-refractivity contribution in [1.82, 2.24) is 14.8 Å². The van der Waals surface area contributed by atoms with Crippen LogP contribution in [0.15, 0.2) is 47.6 Å². The number of rotatable bonds is 11. The van der Waals surface area contributed by atoms with Gasteiger partial charge in [0.05, 0.1) is 38.2 Å². The van der Waals surface area contributed by atoms with Gasteiger partial charge in [-0.3, -0.25) is 4.79 Å². The highest BCUT2D eigenvalue weighted by atomic mass is 32.2. The lowest BCUT2D eigenvalue weighted by Crippen LogP contribution is -2.17. The van der Waals surface area contributed by atoms with Crippen LogP contribution in [-0.4, -0.2) is 59.7 Å². The van der Waals surface area contributed by atoms with Gasteiger partial charge in [-0.2, -0.15) is 0 Å². The zero-order valence-electron chi connectivity index (χ0n) is 21.1. The van der Waals surface area contributed by atoms with E-state index in [1.54, 1.807) is 7.11 Å². The summed E-state index contributed by atoms with van der Waals surface area (Å²) < 4.78 is 22.5. The first-order valence-corrected chi connectivity index (χ1v) is 12.3. The number of carbonyl (C=O) groups is 3. The molecule has 11 nitrogen and oxygen atoms in total. The van der Waals surface area contributed by atoms with Gasteiger partial charge in [0, 0.05) is 12.2 Å². The third-order valence-electron chi connectivity index (χ3n) is 5.19. The average molecular weight is 529 g/mol. The van der Waals surface area contributed by atoms with E-state index in [4.69, 9.17) is 18.9 Å². The van der Waals surface area contributed by atoms with Gasteiger partial charge in [-0.15, -0.1) is 10.2 Å². The lowest BCUT2D eigenvalue weighted by atomic mass is 10.1. The zero-order valence-corrected chi connectivity index (χ0v) is 22.0. The highest BCUT2D eigenvalue weighted by Crippen LogP contribution is 2.26. The third kappa shape index (κ3) is 7.00. The zero-order chi connectivity index (χ0) is 26.9. The van der Waals surface area contributed by atoms with Crippen LogP contribution < -0.4 is 14.8 Å². The molecule has 3 rings (SSSR count). The van der Waals surface area contributed by atoms with Crippen LogP contribution in [0.4, 0.5) is 5.69 Å². The number of ether oxygens (including phenoxy) is 4. The van der Waals surface area contributed by atoms with Gasteiger partial charge in [0.1, 0.15) is 11.5 Å². The van der Waals surface area contributed by atoms with Crippen molar-refractivity contribution >= 4 is 35.3 Å². The normalized spacial score (nSPS) is 11.4. The fourth-order valence-electron chi connectivity index (χ4n) is 3.41. The molecule has 0 bridgehead atoms. The van der Waals surface area contributed by atoms with Crippen LogP contribution in [0.3, 0.4) is 0 Å². The Labute approximate surface area is 218 Å². The maximum Gasteiger partial charge on any atom is 0.337 e. The number of hydrogen-bond acceptors (Lipinski definition) is 10. The van der Waals surface area contributed by atoms with E-state index in [-0.39, 0.29) is 34.6 Å². The molecule has 1 amide bonds. The van der Waals surface area contributed by atoms with Crippen LogP contribution >= 0.6 is 11.8 Å². The largest absolute Gasteiger partial charge is 0.497 e. The number of nitrogens with zero attached hydrogens (tertiary/aromatic N) is 3. The summed E-state index contributed by atoms with van der Waals surface area (Å²) in [5.41, 5.74) is 0.470. The molecule has 1 N–H and O–H groups in total. The lowest BCUT2D eigenvalue weighted by Gasteiger charge is -2.16. The highest BCUT2D eigenvalue weighted by Gasteiger charge is 2.20. The smallest absolute Gasteiger partial charge is 0.337 e. The molecule has 0 saturated carbocycles. The van der Waals surface area contributed by atoms with E-state index in [1.165, 1.54) is 44.2 Å². The molecule has 196 valence electrons. The van der Waals surface area contributed by atoms with Gasteiger partial charge < -0.3 is 28.8 Å². The van der Waals surface area contributed by atoms with Gasteiger partial charge in [0.15, 0.2) is 17.1 Å². The Morgan fingerprint density at radius 1 is 0.946 bits per heavy atom. The second-order valence-electron chi connectivity index (χ2n) is 7.64. The molecule has 0 fully saturated rings. The fraction of sp³-hybridized carbons (Fsp3) is 0.320. The minimum atomic E-state index is -0.648. The van der Waals surface area contributed by atoms with E-state index in [0.717, 1.165) is 5.75 Å². The van der Waals surface area contributed by atoms with Crippen molar-refractivity contribution in [2.75, 3.05) is 32.4 Å². The number of methoxy groups -OCH3 is 3. The molecule has 1 unspecified atom stereocenters. The van der Waals surface area contributed by atoms with Crippen molar-refractivity contribution in [3.05, 3.63) is 59.4 Å². The quantitative estimate of drug-likeness (QED) is 0.290. The van der Waals surface area contributed by atoms with Crippen LogP contribution in [0.1, 0.15) is 46.5 Å². The van der Waals surface area contributed by atoms with Gasteiger partial charge in [-0.1, -0.05) is 11.8 Å². The molecule has 0 aliphatic rings. The monoisotopic (exact) mass is 528 g/mol. The van der Waals surface area contributed by atoms with Crippen molar-refractivity contribution in [2.45, 2.75) is 31.7 Å². The third-order valence-corrected chi connectivity index (χ3v) is 6.16. The molecule has 1 atom stereocenters. The van der Waals surface area contributed by atoms with Gasteiger partial charge in [0.2, 0.25) is 5.91 Å². The van der Waals surface area contributed by atoms with E-state index in [1.807, 2.05) is 42.7 Å². The van der Waals surface area contributed by atoms with Crippen LogP contribution in [-0.2, 0) is 20.8 Å². The maximum atomic E-state index is 12.7. The SMILES string of the molecule is CCn1c(SCC(=O)Nc2cc(C(=O)OC)cc(C(=O)OC)c2)nnc1C(C)Oc1ccc(OC)cc1. The van der Waals surface area contributed by atoms with Crippen LogP contribution in [0.5, 0.6) is 11.5 Å². The maximum absolute atomic E-state index is 12.7. The standard InChI is InChI=1S/C25H28N4O7S/c1-6-29-22(15(2)36-20-9-7-19(33-3)8-10-20)27-28-25(29)37-14-21(30)26-18-12-16(23(31)34-4)11-17(13-18)24(32)35-5/h7-13,15H,6,14H2,1-5H3,(H,26,30). The van der Waals surface area contributed by atoms with Crippen molar-refractivity contribution < 1.29 is 33.3 Å². The molecule has 0 aliphatic heterocycles. The van der Waals surface area contributed by atoms with E-state index in [9.17, 15) is 14.4 Å². The highest BCUT2D eigenvalue weighted by molar-refractivity contribution is 7.99. The molecule has 1 heterocycles. The summed E-state index contributed by atoms with van der Waals surface area (Å²) in [4.78, 5) is 36.6. The minimum Gasteiger partial charge on any atom is -0.497 e. The Balaban J connectivity index is 1.68. The van der Waals surface area contributed by atoms with Crippen LogP contribution in [0, 0.1) is 0 Å². The first kappa shape index (κ1) is 27.5. The molecule has 1 aromatic heterocycles. The molecule has 0 aliphatic carbocycles. The molecule has 2 aromatic carbocycles. The van der Waals surface area contributed by atoms with E-state index in [2.05, 4.69) is 15.5 Å². The number of aromatic nitrogens is 3. The van der Waals surface area contributed by atoms with Gasteiger partial charge in [-0.05, 0) is 56.3 Å². The predicted molar refractivity (Wildman–Crippen MR) is 136 cm³/mol. The number of nitrogens with one attached hydrogen (secondary N) is 1. The second kappa shape index (κ2) is 12.8. The number of thioether (sulfide) groups is 1. The van der Waals surface area contributed by atoms with Gasteiger partial charge in [-0.25, -0.2) is 9.59 Å². The number of amides is 1. The average Bonchev–Trinajstić information content (AvgIpc) is 3.34. The molecule has 0 spiro atoms. The number of anilines is 1. The fourth-order valence-corrected chi connectivity index (χ4v) is 4.22. The molecule has 0 radical (unpaired) electrons. The Hall–Kier alpha value is -4.06. The summed E-state index contributed by atoms with van der Waals surface area (Å²) in [7, 11) is 4.05. The van der Waals surface area contributed by atoms with E-state index < -0.39 is 11.9 Å². The van der Waals surface area contributed by atoms with Crippen molar-refractivity contribution in [3.8, 4) is 11.5 Å². The van der Waals surface area contributed by atoms with Crippen molar-refractivity contribution in [3.63, 3.8) is 0 Å². The van der Waals surface area contributed by atoms with Crippen molar-refractivity contribution in [1.29, 1.82) is 0 Å². The summed E-state index contributed by atoms with van der Waals surface area (Å²) in [5, 5.41) is 11.7. The van der Waals surface area contributed by atoms with Gasteiger partial charge in [0.25, 0.3) is 0 Å². The summed E-state index contributed by atoms with van der Waals surface area (Å²) in [6.45, 7) is 4.39. The Morgan fingerprint density at radius 3 is 2.08 bits per heavy atom. The Kier molecular flexibility index (Phi) is 9.50. The van der Waals surface area contributed by atoms with Crippen LogP contribution in [0.25, 0.3) is 0 Å². The number of benzene rings is 2. The summed E-state index contributed by atoms with van der Waals surface area (Å²) in [6.07, 6.45) is -0.387. The molecule has 3 aromatic rings. The molecular formula is C25H28N4O7S.